The summed E-state index contributed by atoms with van der Waals surface area (Å²) in [5.41, 5.74) is 0.0103. The van der Waals surface area contributed by atoms with Crippen molar-refractivity contribution in [3.63, 3.8) is 0 Å². The Morgan fingerprint density at radius 1 is 1.07 bits per heavy atom. The molecular formula is C19H15N3O7. The molecule has 0 radical (unpaired) electrons. The zero-order valence-corrected chi connectivity index (χ0v) is 15.2. The van der Waals surface area contributed by atoms with Gasteiger partial charge in [-0.2, -0.15) is 0 Å². The van der Waals surface area contributed by atoms with Crippen molar-refractivity contribution in [2.24, 2.45) is 0 Å². The number of hydrogen-bond donors (Lipinski definition) is 1. The number of esters is 1. The summed E-state index contributed by atoms with van der Waals surface area (Å²) >= 11 is 0. The molecule has 1 aliphatic rings. The number of anilines is 1. The van der Waals surface area contributed by atoms with Crippen LogP contribution in [0.2, 0.25) is 0 Å². The molecule has 10 nitrogen and oxygen atoms in total. The topological polar surface area (TPSA) is 136 Å². The van der Waals surface area contributed by atoms with Gasteiger partial charge in [0, 0.05) is 6.07 Å². The SMILES string of the molecule is CC(OC(=O)CN1C(=O)c2ccccc2C1=O)C(=O)Nc1ccccc1[N+](=O)[O-]. The molecule has 0 bridgehead atoms. The summed E-state index contributed by atoms with van der Waals surface area (Å²) in [7, 11) is 0. The number of benzene rings is 2. The van der Waals surface area contributed by atoms with Gasteiger partial charge in [0.15, 0.2) is 6.10 Å². The van der Waals surface area contributed by atoms with Crippen LogP contribution in [0.1, 0.15) is 27.6 Å². The van der Waals surface area contributed by atoms with E-state index in [1.165, 1.54) is 43.3 Å². The van der Waals surface area contributed by atoms with E-state index in [2.05, 4.69) is 5.32 Å². The molecule has 0 saturated carbocycles. The Kier molecular flexibility index (Phi) is 5.35. The normalized spacial score (nSPS) is 13.6. The van der Waals surface area contributed by atoms with Crippen LogP contribution in [0.15, 0.2) is 48.5 Å². The van der Waals surface area contributed by atoms with Crippen molar-refractivity contribution >= 4 is 35.1 Å². The highest BCUT2D eigenvalue weighted by molar-refractivity contribution is 6.22. The van der Waals surface area contributed by atoms with Gasteiger partial charge in [-0.05, 0) is 25.1 Å². The van der Waals surface area contributed by atoms with Crippen LogP contribution in [0.5, 0.6) is 0 Å². The number of nitrogens with one attached hydrogen (secondary N) is 1. The molecule has 29 heavy (non-hydrogen) atoms. The first kappa shape index (κ1) is 19.7. The number of ether oxygens (including phenoxy) is 1. The minimum Gasteiger partial charge on any atom is -0.451 e. The Morgan fingerprint density at radius 3 is 2.21 bits per heavy atom. The molecule has 0 aliphatic carbocycles. The number of carbonyl (C=O) groups is 4. The second-order valence-electron chi connectivity index (χ2n) is 6.14. The summed E-state index contributed by atoms with van der Waals surface area (Å²) in [5, 5.41) is 13.3. The lowest BCUT2D eigenvalue weighted by atomic mass is 10.1. The number of carbonyl (C=O) groups excluding carboxylic acids is 4. The van der Waals surface area contributed by atoms with E-state index in [9.17, 15) is 29.3 Å². The summed E-state index contributed by atoms with van der Waals surface area (Å²) in [6.45, 7) is 0.611. The zero-order chi connectivity index (χ0) is 21.1. The van der Waals surface area contributed by atoms with E-state index in [1.807, 2.05) is 0 Å². The number of nitrogens with zero attached hydrogens (tertiary/aromatic N) is 2. The van der Waals surface area contributed by atoms with Gasteiger partial charge in [0.05, 0.1) is 16.1 Å². The first-order valence-corrected chi connectivity index (χ1v) is 8.48. The molecule has 3 amide bonds. The van der Waals surface area contributed by atoms with Crippen molar-refractivity contribution in [2.45, 2.75) is 13.0 Å². The maximum absolute atomic E-state index is 12.3. The number of hydrogen-bond acceptors (Lipinski definition) is 7. The summed E-state index contributed by atoms with van der Waals surface area (Å²) in [6.07, 6.45) is -1.31. The van der Waals surface area contributed by atoms with E-state index in [4.69, 9.17) is 4.74 Å². The van der Waals surface area contributed by atoms with Gasteiger partial charge in [0.25, 0.3) is 23.4 Å². The summed E-state index contributed by atoms with van der Waals surface area (Å²) in [5.74, 6) is -3.01. The minimum absolute atomic E-state index is 0.0502. The van der Waals surface area contributed by atoms with Gasteiger partial charge < -0.3 is 10.1 Å². The predicted molar refractivity (Wildman–Crippen MR) is 99.1 cm³/mol. The highest BCUT2D eigenvalue weighted by Crippen LogP contribution is 2.24. The Labute approximate surface area is 164 Å². The molecule has 1 heterocycles. The highest BCUT2D eigenvalue weighted by Gasteiger charge is 2.37. The minimum atomic E-state index is -1.31. The van der Waals surface area contributed by atoms with Crippen LogP contribution < -0.4 is 5.32 Å². The highest BCUT2D eigenvalue weighted by atomic mass is 16.6. The lowest BCUT2D eigenvalue weighted by molar-refractivity contribution is -0.383. The largest absolute Gasteiger partial charge is 0.451 e. The number of para-hydroxylation sites is 2. The van der Waals surface area contributed by atoms with Crippen LogP contribution in [-0.4, -0.2) is 46.2 Å². The van der Waals surface area contributed by atoms with Crippen molar-refractivity contribution < 1.29 is 28.8 Å². The van der Waals surface area contributed by atoms with Crippen LogP contribution in [0.3, 0.4) is 0 Å². The van der Waals surface area contributed by atoms with Crippen LogP contribution in [0.25, 0.3) is 0 Å². The molecule has 1 atom stereocenters. The molecule has 1 aliphatic heterocycles. The number of nitro benzene ring substituents is 1. The second-order valence-corrected chi connectivity index (χ2v) is 6.14. The molecule has 0 spiro atoms. The lowest BCUT2D eigenvalue weighted by Gasteiger charge is -2.16. The van der Waals surface area contributed by atoms with Crippen LogP contribution in [-0.2, 0) is 14.3 Å². The van der Waals surface area contributed by atoms with E-state index >= 15 is 0 Å². The smallest absolute Gasteiger partial charge is 0.326 e. The fourth-order valence-electron chi connectivity index (χ4n) is 2.77. The number of rotatable bonds is 6. The fraction of sp³-hybridized carbons (Fsp3) is 0.158. The van der Waals surface area contributed by atoms with Crippen molar-refractivity contribution in [3.05, 3.63) is 69.8 Å². The quantitative estimate of drug-likeness (QED) is 0.339. The van der Waals surface area contributed by atoms with Gasteiger partial charge in [-0.3, -0.25) is 34.2 Å². The standard InChI is InChI=1S/C19H15N3O7/c1-11(17(24)20-14-8-4-5-9-15(14)22(27)28)29-16(23)10-21-18(25)12-6-2-3-7-13(12)19(21)26/h2-9,11H,10H2,1H3,(H,20,24). The molecule has 0 aromatic heterocycles. The molecule has 148 valence electrons. The Morgan fingerprint density at radius 2 is 1.62 bits per heavy atom. The molecule has 0 saturated heterocycles. The molecule has 1 unspecified atom stereocenters. The van der Waals surface area contributed by atoms with Gasteiger partial charge in [-0.15, -0.1) is 0 Å². The van der Waals surface area contributed by atoms with Gasteiger partial charge >= 0.3 is 5.97 Å². The molecular weight excluding hydrogens is 382 g/mol. The maximum atomic E-state index is 12.3. The monoisotopic (exact) mass is 397 g/mol. The third-order valence-corrected chi connectivity index (χ3v) is 4.20. The summed E-state index contributed by atoms with van der Waals surface area (Å²) in [6, 6.07) is 11.6. The molecule has 2 aromatic rings. The number of fused-ring (bicyclic) bond motifs is 1. The molecule has 1 N–H and O–H groups in total. The van der Waals surface area contributed by atoms with Crippen LogP contribution in [0, 0.1) is 10.1 Å². The van der Waals surface area contributed by atoms with Gasteiger partial charge in [0.1, 0.15) is 12.2 Å². The van der Waals surface area contributed by atoms with Crippen LogP contribution >= 0.6 is 0 Å². The zero-order valence-electron chi connectivity index (χ0n) is 15.2. The maximum Gasteiger partial charge on any atom is 0.326 e. The lowest BCUT2D eigenvalue weighted by Crippen LogP contribution is -2.38. The van der Waals surface area contributed by atoms with E-state index < -0.39 is 41.3 Å². The fourth-order valence-corrected chi connectivity index (χ4v) is 2.77. The predicted octanol–water partition coefficient (Wildman–Crippen LogP) is 1.76. The van der Waals surface area contributed by atoms with Gasteiger partial charge in [-0.25, -0.2) is 0 Å². The molecule has 3 rings (SSSR count). The average Bonchev–Trinajstić information content (AvgIpc) is 2.93. The Bertz CT molecular complexity index is 999. The molecule has 2 aromatic carbocycles. The third kappa shape index (κ3) is 3.95. The summed E-state index contributed by atoms with van der Waals surface area (Å²) < 4.78 is 4.98. The Balaban J connectivity index is 1.61. The van der Waals surface area contributed by atoms with Gasteiger partial charge in [-0.1, -0.05) is 24.3 Å². The van der Waals surface area contributed by atoms with Gasteiger partial charge in [0.2, 0.25) is 0 Å². The van der Waals surface area contributed by atoms with Crippen molar-refractivity contribution in [3.8, 4) is 0 Å². The van der Waals surface area contributed by atoms with E-state index in [-0.39, 0.29) is 22.5 Å². The molecule has 0 fully saturated rings. The van der Waals surface area contributed by atoms with E-state index in [0.29, 0.717) is 0 Å². The summed E-state index contributed by atoms with van der Waals surface area (Å²) in [4.78, 5) is 59.9. The first-order chi connectivity index (χ1) is 13.8. The average molecular weight is 397 g/mol. The van der Waals surface area contributed by atoms with Crippen molar-refractivity contribution in [1.29, 1.82) is 0 Å². The van der Waals surface area contributed by atoms with E-state index in [1.54, 1.807) is 12.1 Å². The Hall–Kier alpha value is -4.08. The van der Waals surface area contributed by atoms with Crippen molar-refractivity contribution in [1.82, 2.24) is 4.90 Å². The number of imide groups is 1. The first-order valence-electron chi connectivity index (χ1n) is 8.48. The number of nitro groups is 1. The third-order valence-electron chi connectivity index (χ3n) is 4.20. The molecule has 10 heteroatoms. The second kappa shape index (κ2) is 7.89. The van der Waals surface area contributed by atoms with E-state index in [0.717, 1.165) is 4.90 Å². The van der Waals surface area contributed by atoms with Crippen molar-refractivity contribution in [2.75, 3.05) is 11.9 Å². The van der Waals surface area contributed by atoms with Crippen LogP contribution in [0.4, 0.5) is 11.4 Å². The number of amides is 3.